The fourth-order valence-corrected chi connectivity index (χ4v) is 6.56. The Labute approximate surface area is 276 Å². The number of carbonyl (C=O) groups is 2. The first-order valence-corrected chi connectivity index (χ1v) is 16.7. The molecule has 0 aliphatic carbocycles. The van der Waals surface area contributed by atoms with Crippen molar-refractivity contribution in [3.63, 3.8) is 0 Å². The number of nitrogens with one attached hydrogen (secondary N) is 1. The van der Waals surface area contributed by atoms with Gasteiger partial charge in [-0.05, 0) is 66.4 Å². The van der Waals surface area contributed by atoms with E-state index in [1.165, 1.54) is 49.5 Å². The molecule has 248 valence electrons. The lowest BCUT2D eigenvalue weighted by atomic mass is 10.0. The van der Waals surface area contributed by atoms with Crippen LogP contribution in [-0.2, 0) is 32.6 Å². The zero-order valence-corrected chi connectivity index (χ0v) is 27.8. The van der Waals surface area contributed by atoms with Crippen molar-refractivity contribution in [2.24, 2.45) is 0 Å². The highest BCUT2D eigenvalue weighted by atomic mass is 32.2. The van der Waals surface area contributed by atoms with Crippen LogP contribution in [0.5, 0.6) is 11.5 Å². The number of carbonyl (C=O) groups excluding carboxylic acids is 2. The number of anilines is 1. The number of amides is 2. The minimum atomic E-state index is -4.43. The van der Waals surface area contributed by atoms with E-state index in [9.17, 15) is 22.4 Å². The van der Waals surface area contributed by atoms with Crippen LogP contribution in [0.2, 0.25) is 0 Å². The summed E-state index contributed by atoms with van der Waals surface area (Å²) in [7, 11) is -1.61. The summed E-state index contributed by atoms with van der Waals surface area (Å²) in [5.41, 5.74) is 2.62. The van der Waals surface area contributed by atoms with E-state index < -0.39 is 34.3 Å². The maximum absolute atomic E-state index is 14.5. The largest absolute Gasteiger partial charge is 0.493 e. The van der Waals surface area contributed by atoms with Gasteiger partial charge in [0.2, 0.25) is 11.8 Å². The predicted octanol–water partition coefficient (Wildman–Crippen LogP) is 5.51. The summed E-state index contributed by atoms with van der Waals surface area (Å²) in [6.07, 6.45) is 0.893. The van der Waals surface area contributed by atoms with Crippen molar-refractivity contribution in [3.8, 4) is 11.5 Å². The number of nitrogens with zero attached hydrogens (tertiary/aromatic N) is 2. The monoisotopic (exact) mass is 661 g/mol. The SMILES string of the molecule is CCCNC(=O)[C@@H](Cc1ccccc1)N(Cc1ccccc1C)C(=O)CN(c1ccc(F)cc1)S(=O)(=O)c1ccc(OC)c(OC)c1. The van der Waals surface area contributed by atoms with Crippen molar-refractivity contribution < 1.29 is 31.9 Å². The van der Waals surface area contributed by atoms with Gasteiger partial charge in [-0.3, -0.25) is 13.9 Å². The van der Waals surface area contributed by atoms with Gasteiger partial charge < -0.3 is 19.7 Å². The van der Waals surface area contributed by atoms with Crippen LogP contribution < -0.4 is 19.1 Å². The summed E-state index contributed by atoms with van der Waals surface area (Å²) in [5, 5.41) is 2.93. The van der Waals surface area contributed by atoms with Gasteiger partial charge in [-0.2, -0.15) is 0 Å². The molecule has 47 heavy (non-hydrogen) atoms. The number of aryl methyl sites for hydroxylation is 1. The Balaban J connectivity index is 1.82. The summed E-state index contributed by atoms with van der Waals surface area (Å²) < 4.78 is 54.1. The number of ether oxygens (including phenoxy) is 2. The first-order valence-electron chi connectivity index (χ1n) is 15.2. The molecular weight excluding hydrogens is 621 g/mol. The minimum absolute atomic E-state index is 0.0518. The number of hydrogen-bond donors (Lipinski definition) is 1. The molecule has 0 saturated heterocycles. The number of halogens is 1. The Morgan fingerprint density at radius 2 is 1.53 bits per heavy atom. The lowest BCUT2D eigenvalue weighted by molar-refractivity contribution is -0.140. The third-order valence-electron chi connectivity index (χ3n) is 7.76. The van der Waals surface area contributed by atoms with Crippen LogP contribution >= 0.6 is 0 Å². The fourth-order valence-electron chi connectivity index (χ4n) is 5.13. The molecule has 1 atom stereocenters. The van der Waals surface area contributed by atoms with Gasteiger partial charge >= 0.3 is 0 Å². The Kier molecular flexibility index (Phi) is 12.0. The van der Waals surface area contributed by atoms with Gasteiger partial charge in [-0.15, -0.1) is 0 Å². The lowest BCUT2D eigenvalue weighted by Gasteiger charge is -2.34. The summed E-state index contributed by atoms with van der Waals surface area (Å²) in [4.78, 5) is 29.6. The highest BCUT2D eigenvalue weighted by Gasteiger charge is 2.35. The molecule has 0 aliphatic rings. The van der Waals surface area contributed by atoms with Crippen molar-refractivity contribution >= 4 is 27.5 Å². The molecule has 0 heterocycles. The van der Waals surface area contributed by atoms with E-state index in [1.807, 2.05) is 68.4 Å². The van der Waals surface area contributed by atoms with Crippen LogP contribution in [-0.4, -0.2) is 58.5 Å². The molecule has 0 aliphatic heterocycles. The maximum atomic E-state index is 14.5. The summed E-state index contributed by atoms with van der Waals surface area (Å²) in [6.45, 7) is 3.64. The molecule has 0 spiro atoms. The summed E-state index contributed by atoms with van der Waals surface area (Å²) in [6, 6.07) is 24.8. The van der Waals surface area contributed by atoms with Crippen molar-refractivity contribution in [1.29, 1.82) is 0 Å². The van der Waals surface area contributed by atoms with Crippen LogP contribution in [0, 0.1) is 12.7 Å². The smallest absolute Gasteiger partial charge is 0.264 e. The van der Waals surface area contributed by atoms with Crippen LogP contribution in [0.15, 0.2) is 102 Å². The lowest BCUT2D eigenvalue weighted by Crippen LogP contribution is -2.53. The second kappa shape index (κ2) is 16.1. The molecule has 0 aromatic heterocycles. The number of benzene rings is 4. The van der Waals surface area contributed by atoms with E-state index in [2.05, 4.69) is 5.32 Å². The molecule has 0 unspecified atom stereocenters. The average Bonchev–Trinajstić information content (AvgIpc) is 3.08. The van der Waals surface area contributed by atoms with E-state index in [0.717, 1.165) is 33.1 Å². The van der Waals surface area contributed by atoms with Crippen LogP contribution in [0.4, 0.5) is 10.1 Å². The topological polar surface area (TPSA) is 105 Å². The van der Waals surface area contributed by atoms with Gasteiger partial charge in [0, 0.05) is 25.6 Å². The molecule has 2 amide bonds. The highest BCUT2D eigenvalue weighted by molar-refractivity contribution is 7.92. The second-order valence-electron chi connectivity index (χ2n) is 10.9. The van der Waals surface area contributed by atoms with Gasteiger partial charge in [-0.1, -0.05) is 61.5 Å². The Morgan fingerprint density at radius 3 is 2.17 bits per heavy atom. The second-order valence-corrected chi connectivity index (χ2v) is 12.8. The molecule has 0 fully saturated rings. The third-order valence-corrected chi connectivity index (χ3v) is 9.53. The van der Waals surface area contributed by atoms with Gasteiger partial charge in [-0.25, -0.2) is 12.8 Å². The number of methoxy groups -OCH3 is 2. The Morgan fingerprint density at radius 1 is 0.872 bits per heavy atom. The normalized spacial score (nSPS) is 11.8. The van der Waals surface area contributed by atoms with Gasteiger partial charge in [0.1, 0.15) is 18.4 Å². The third kappa shape index (κ3) is 8.68. The Hall–Kier alpha value is -4.90. The molecule has 4 rings (SSSR count). The molecular formula is C36H40FN3O6S. The van der Waals surface area contributed by atoms with Gasteiger partial charge in [0.05, 0.1) is 24.8 Å². The Bertz CT molecular complexity index is 1770. The standard InChI is InChI=1S/C36H40FN3O6S/c1-5-21-38-36(42)32(22-27-12-7-6-8-13-27)39(24-28-14-10-9-11-26(28)2)35(41)25-40(30-17-15-29(37)16-18-30)47(43,44)31-19-20-33(45-3)34(23-31)46-4/h6-20,23,32H,5,21-22,24-25H2,1-4H3,(H,38,42)/t32-/m1/s1. The summed E-state index contributed by atoms with van der Waals surface area (Å²) >= 11 is 0. The molecule has 4 aromatic rings. The van der Waals surface area contributed by atoms with E-state index >= 15 is 0 Å². The minimum Gasteiger partial charge on any atom is -0.493 e. The maximum Gasteiger partial charge on any atom is 0.264 e. The quantitative estimate of drug-likeness (QED) is 0.180. The zero-order valence-electron chi connectivity index (χ0n) is 27.0. The number of rotatable bonds is 15. The van der Waals surface area contributed by atoms with Gasteiger partial charge in [0.15, 0.2) is 11.5 Å². The van der Waals surface area contributed by atoms with E-state index in [-0.39, 0.29) is 35.2 Å². The van der Waals surface area contributed by atoms with Crippen molar-refractivity contribution in [2.75, 3.05) is 31.6 Å². The van der Waals surface area contributed by atoms with E-state index in [1.54, 1.807) is 0 Å². The fraction of sp³-hybridized carbons (Fsp3) is 0.278. The van der Waals surface area contributed by atoms with Crippen molar-refractivity contribution in [2.45, 2.75) is 44.2 Å². The van der Waals surface area contributed by atoms with E-state index in [0.29, 0.717) is 18.7 Å². The van der Waals surface area contributed by atoms with Crippen LogP contribution in [0.1, 0.15) is 30.0 Å². The molecule has 0 bridgehead atoms. The first-order chi connectivity index (χ1) is 22.6. The van der Waals surface area contributed by atoms with Crippen LogP contribution in [0.3, 0.4) is 0 Å². The predicted molar refractivity (Wildman–Crippen MR) is 179 cm³/mol. The van der Waals surface area contributed by atoms with Crippen molar-refractivity contribution in [3.05, 3.63) is 120 Å². The summed E-state index contributed by atoms with van der Waals surface area (Å²) in [5.74, 6) is -1.04. The molecule has 0 radical (unpaired) electrons. The molecule has 11 heteroatoms. The zero-order chi connectivity index (χ0) is 34.0. The molecule has 9 nitrogen and oxygen atoms in total. The van der Waals surface area contributed by atoms with Gasteiger partial charge in [0.25, 0.3) is 10.0 Å². The van der Waals surface area contributed by atoms with E-state index in [4.69, 9.17) is 9.47 Å². The number of sulfonamides is 1. The highest BCUT2D eigenvalue weighted by Crippen LogP contribution is 2.32. The molecule has 4 aromatic carbocycles. The average molecular weight is 662 g/mol. The molecule has 1 N–H and O–H groups in total. The van der Waals surface area contributed by atoms with Crippen LogP contribution in [0.25, 0.3) is 0 Å². The number of hydrogen-bond acceptors (Lipinski definition) is 6. The first kappa shape index (κ1) is 35.0. The molecule has 0 saturated carbocycles. The van der Waals surface area contributed by atoms with Crippen molar-refractivity contribution in [1.82, 2.24) is 10.2 Å².